The van der Waals surface area contributed by atoms with E-state index in [9.17, 15) is 4.79 Å². The van der Waals surface area contributed by atoms with Crippen LogP contribution in [0, 0.1) is 5.92 Å². The van der Waals surface area contributed by atoms with E-state index in [1.165, 1.54) is 12.5 Å². The standard InChI is InChI=1S/C33H46N8O2.C3H4O/c1-34-22-30(38-31(23-42)25-10-7-6-8-11-25)33(40(4)27-13-9-12-26(20-27)35-2)37-24-36-29-15-14-28(21-32(29)43-5)41-18-16-39(3)17-19-41;1-2-3-4/h9,12-15,20-23,25,35-36H,1,6-8,10-11,16-19,24H2,2-5H3;2-3H,1H2/b30-22+,37-33+,38-31?;. The van der Waals surface area contributed by atoms with E-state index in [1.807, 2.05) is 49.3 Å². The molecular weight excluding hydrogens is 592 g/mol. The summed E-state index contributed by atoms with van der Waals surface area (Å²) in [6.45, 7) is 11.1. The van der Waals surface area contributed by atoms with E-state index in [-0.39, 0.29) is 12.6 Å². The quantitative estimate of drug-likeness (QED) is 0.127. The number of piperazine rings is 1. The molecule has 11 nitrogen and oxygen atoms in total. The van der Waals surface area contributed by atoms with Gasteiger partial charge >= 0.3 is 0 Å². The number of benzene rings is 2. The molecule has 2 fully saturated rings. The number of aldehydes is 2. The number of rotatable bonds is 13. The van der Waals surface area contributed by atoms with Gasteiger partial charge in [-0.15, -0.1) is 0 Å². The van der Waals surface area contributed by atoms with E-state index in [2.05, 4.69) is 57.9 Å². The van der Waals surface area contributed by atoms with Gasteiger partial charge in [-0.1, -0.05) is 31.9 Å². The zero-order valence-corrected chi connectivity index (χ0v) is 28.3. The molecule has 2 aliphatic rings. The SMILES string of the molecule is C=CC=O.C=N/C=C(N=C(C=O)C1CCCCC1)\C(=N/CNc1ccc(N2CCN(C)CC2)cc1OC)N(C)c1cccc(NC)c1. The molecule has 4 rings (SSSR count). The van der Waals surface area contributed by atoms with Crippen molar-refractivity contribution in [2.24, 2.45) is 20.9 Å². The summed E-state index contributed by atoms with van der Waals surface area (Å²) in [6, 6.07) is 14.3. The summed E-state index contributed by atoms with van der Waals surface area (Å²) < 4.78 is 5.76. The lowest BCUT2D eigenvalue weighted by Gasteiger charge is -2.34. The van der Waals surface area contributed by atoms with Crippen LogP contribution in [0.3, 0.4) is 0 Å². The zero-order valence-electron chi connectivity index (χ0n) is 28.3. The van der Waals surface area contributed by atoms with E-state index >= 15 is 0 Å². The second-order valence-electron chi connectivity index (χ2n) is 11.4. The molecule has 11 heteroatoms. The van der Waals surface area contributed by atoms with Crippen molar-refractivity contribution in [1.82, 2.24) is 4.90 Å². The highest BCUT2D eigenvalue weighted by atomic mass is 16.5. The molecule has 2 aromatic carbocycles. The van der Waals surface area contributed by atoms with Gasteiger partial charge in [0.25, 0.3) is 0 Å². The van der Waals surface area contributed by atoms with Crippen LogP contribution < -0.4 is 25.2 Å². The molecule has 0 radical (unpaired) electrons. The van der Waals surface area contributed by atoms with Crippen LogP contribution in [0.5, 0.6) is 5.75 Å². The Morgan fingerprint density at radius 3 is 2.43 bits per heavy atom. The summed E-state index contributed by atoms with van der Waals surface area (Å²) in [5.41, 5.74) is 4.89. The molecule has 0 amide bonds. The average molecular weight is 643 g/mol. The number of hydrogen-bond donors (Lipinski definition) is 2. The lowest BCUT2D eigenvalue weighted by molar-refractivity contribution is -0.104. The Bertz CT molecular complexity index is 1420. The fourth-order valence-electron chi connectivity index (χ4n) is 5.61. The van der Waals surface area contributed by atoms with Gasteiger partial charge in [-0.2, -0.15) is 0 Å². The van der Waals surface area contributed by atoms with Gasteiger partial charge in [-0.3, -0.25) is 14.6 Å². The Kier molecular flexibility index (Phi) is 15.4. The number of methoxy groups -OCH3 is 1. The fraction of sp³-hybridized carbons (Fsp3) is 0.417. The molecule has 1 aliphatic carbocycles. The maximum absolute atomic E-state index is 12.2. The van der Waals surface area contributed by atoms with Crippen molar-refractivity contribution in [3.05, 3.63) is 67.0 Å². The third-order valence-corrected chi connectivity index (χ3v) is 8.32. The van der Waals surface area contributed by atoms with E-state index in [0.29, 0.717) is 23.5 Å². The predicted octanol–water partition coefficient (Wildman–Crippen LogP) is 5.53. The lowest BCUT2D eigenvalue weighted by atomic mass is 9.86. The van der Waals surface area contributed by atoms with Gasteiger partial charge < -0.3 is 30.1 Å². The first-order valence-electron chi connectivity index (χ1n) is 16.1. The molecule has 2 aromatic rings. The molecule has 0 aromatic heterocycles. The number of hydrogen-bond acceptors (Lipinski definition) is 10. The molecular formula is C36H50N8O3. The zero-order chi connectivity index (χ0) is 34.0. The fourth-order valence-corrected chi connectivity index (χ4v) is 5.61. The monoisotopic (exact) mass is 642 g/mol. The summed E-state index contributed by atoms with van der Waals surface area (Å²) in [5.74, 6) is 1.46. The van der Waals surface area contributed by atoms with Crippen LogP contribution in [0.1, 0.15) is 32.1 Å². The van der Waals surface area contributed by atoms with Crippen LogP contribution in [0.2, 0.25) is 0 Å². The first kappa shape index (κ1) is 36.7. The molecule has 0 unspecified atom stereocenters. The Balaban J connectivity index is 0.00000142. The highest BCUT2D eigenvalue weighted by Crippen LogP contribution is 2.31. The van der Waals surface area contributed by atoms with Crippen LogP contribution in [0.25, 0.3) is 0 Å². The van der Waals surface area contributed by atoms with Crippen molar-refractivity contribution in [2.75, 3.05) is 81.5 Å². The van der Waals surface area contributed by atoms with Crippen molar-refractivity contribution in [2.45, 2.75) is 32.1 Å². The summed E-state index contributed by atoms with van der Waals surface area (Å²) in [7, 11) is 7.66. The molecule has 0 atom stereocenters. The number of likely N-dealkylation sites (N-methyl/N-ethyl adjacent to an activating group) is 2. The highest BCUT2D eigenvalue weighted by molar-refractivity contribution is 6.30. The summed E-state index contributed by atoms with van der Waals surface area (Å²) in [4.78, 5) is 41.8. The Labute approximate surface area is 279 Å². The minimum absolute atomic E-state index is 0.139. The number of anilines is 4. The smallest absolute Gasteiger partial charge is 0.164 e. The Morgan fingerprint density at radius 2 is 1.81 bits per heavy atom. The molecule has 252 valence electrons. The maximum atomic E-state index is 12.2. The van der Waals surface area contributed by atoms with Crippen molar-refractivity contribution in [1.29, 1.82) is 0 Å². The third-order valence-electron chi connectivity index (χ3n) is 8.32. The second kappa shape index (κ2) is 19.7. The van der Waals surface area contributed by atoms with Gasteiger partial charge in [-0.05, 0) is 63.0 Å². The first-order chi connectivity index (χ1) is 22.9. The number of aliphatic imine (C=N–C) groups is 3. The van der Waals surface area contributed by atoms with E-state index in [0.717, 1.165) is 86.6 Å². The lowest BCUT2D eigenvalue weighted by Crippen LogP contribution is -2.44. The number of carbonyl (C=O) groups excluding carboxylic acids is 2. The van der Waals surface area contributed by atoms with Crippen LogP contribution in [-0.4, -0.2) is 96.8 Å². The van der Waals surface area contributed by atoms with Gasteiger partial charge in [0.1, 0.15) is 24.4 Å². The molecule has 2 N–H and O–H groups in total. The number of nitrogens with zero attached hydrogens (tertiary/aromatic N) is 6. The molecule has 1 aliphatic heterocycles. The highest BCUT2D eigenvalue weighted by Gasteiger charge is 2.22. The number of amidine groups is 1. The molecule has 47 heavy (non-hydrogen) atoms. The Hall–Kier alpha value is -4.77. The predicted molar refractivity (Wildman–Crippen MR) is 197 cm³/mol. The number of nitrogens with one attached hydrogen (secondary N) is 2. The first-order valence-corrected chi connectivity index (χ1v) is 16.1. The summed E-state index contributed by atoms with van der Waals surface area (Å²) in [6.07, 6.45) is 9.63. The van der Waals surface area contributed by atoms with E-state index in [4.69, 9.17) is 19.5 Å². The third kappa shape index (κ3) is 10.9. The van der Waals surface area contributed by atoms with Crippen LogP contribution >= 0.6 is 0 Å². The molecule has 0 bridgehead atoms. The largest absolute Gasteiger partial charge is 0.495 e. The molecule has 1 heterocycles. The van der Waals surface area contributed by atoms with Gasteiger partial charge in [0.2, 0.25) is 0 Å². The molecule has 1 saturated heterocycles. The van der Waals surface area contributed by atoms with Gasteiger partial charge in [0.15, 0.2) is 12.1 Å². The van der Waals surface area contributed by atoms with Crippen LogP contribution in [0.15, 0.2) is 82.0 Å². The maximum Gasteiger partial charge on any atom is 0.164 e. The van der Waals surface area contributed by atoms with Crippen LogP contribution in [0.4, 0.5) is 22.7 Å². The molecule has 0 spiro atoms. The van der Waals surface area contributed by atoms with Gasteiger partial charge in [-0.25, -0.2) is 9.98 Å². The minimum atomic E-state index is 0.139. The van der Waals surface area contributed by atoms with Crippen molar-refractivity contribution in [3.63, 3.8) is 0 Å². The van der Waals surface area contributed by atoms with Crippen molar-refractivity contribution >= 4 is 53.6 Å². The summed E-state index contributed by atoms with van der Waals surface area (Å²) in [5, 5.41) is 6.61. The molecule has 1 saturated carbocycles. The van der Waals surface area contributed by atoms with Crippen LogP contribution in [-0.2, 0) is 9.59 Å². The van der Waals surface area contributed by atoms with E-state index < -0.39 is 0 Å². The van der Waals surface area contributed by atoms with Crippen molar-refractivity contribution < 1.29 is 14.3 Å². The average Bonchev–Trinajstić information content (AvgIpc) is 3.12. The summed E-state index contributed by atoms with van der Waals surface area (Å²) >= 11 is 0. The topological polar surface area (TPSA) is 114 Å². The normalized spacial score (nSPS) is 16.3. The number of allylic oxidation sites excluding steroid dienone is 1. The van der Waals surface area contributed by atoms with Crippen molar-refractivity contribution in [3.8, 4) is 5.75 Å². The minimum Gasteiger partial charge on any atom is -0.495 e. The number of carbonyl (C=O) groups is 2. The van der Waals surface area contributed by atoms with E-state index in [1.54, 1.807) is 13.3 Å². The van der Waals surface area contributed by atoms with Gasteiger partial charge in [0.05, 0.1) is 24.7 Å². The van der Waals surface area contributed by atoms with Gasteiger partial charge in [0, 0.05) is 69.3 Å². The number of ether oxygens (including phenoxy) is 1. The second-order valence-corrected chi connectivity index (χ2v) is 11.4. The Morgan fingerprint density at radius 1 is 1.09 bits per heavy atom.